The van der Waals surface area contributed by atoms with Crippen LogP contribution in [0.4, 0.5) is 0 Å². The Morgan fingerprint density at radius 3 is 2.40 bits per heavy atom. The first-order valence-corrected chi connectivity index (χ1v) is 13.1. The van der Waals surface area contributed by atoms with Gasteiger partial charge in [0.15, 0.2) is 0 Å². The predicted octanol–water partition coefficient (Wildman–Crippen LogP) is 5.37. The number of ether oxygens (including phenoxy) is 1. The number of methoxy groups -OCH3 is 1. The number of aromatic nitrogens is 1. The maximum Gasteiger partial charge on any atom is 0.305 e. The van der Waals surface area contributed by atoms with Gasteiger partial charge in [0, 0.05) is 43.0 Å². The zero-order chi connectivity index (χ0) is 25.3. The van der Waals surface area contributed by atoms with E-state index in [0.717, 1.165) is 28.7 Å². The van der Waals surface area contributed by atoms with Crippen molar-refractivity contribution in [2.24, 2.45) is 0 Å². The van der Waals surface area contributed by atoms with Crippen LogP contribution in [0.15, 0.2) is 84.0 Å². The summed E-state index contributed by atoms with van der Waals surface area (Å²) in [6, 6.07) is 18.2. The molecule has 0 fully saturated rings. The third-order valence-electron chi connectivity index (χ3n) is 5.64. The topological polar surface area (TPSA) is 76.6 Å². The van der Waals surface area contributed by atoms with Gasteiger partial charge >= 0.3 is 5.97 Å². The summed E-state index contributed by atoms with van der Waals surface area (Å²) in [4.78, 5) is 15.9. The van der Waals surface area contributed by atoms with E-state index in [2.05, 4.69) is 11.1 Å². The van der Waals surface area contributed by atoms with E-state index in [-0.39, 0.29) is 10.9 Å². The van der Waals surface area contributed by atoms with Crippen molar-refractivity contribution >= 4 is 33.2 Å². The van der Waals surface area contributed by atoms with Gasteiger partial charge in [-0.05, 0) is 66.3 Å². The zero-order valence-electron chi connectivity index (χ0n) is 19.9. The molecule has 0 atom stereocenters. The molecule has 0 aliphatic carbocycles. The Balaban J connectivity index is 1.69. The first-order valence-electron chi connectivity index (χ1n) is 11.3. The summed E-state index contributed by atoms with van der Waals surface area (Å²) < 4.78 is 31.7. The van der Waals surface area contributed by atoms with Crippen LogP contribution in [0.25, 0.3) is 5.57 Å². The zero-order valence-corrected chi connectivity index (χ0v) is 21.4. The number of esters is 1. The first-order chi connectivity index (χ1) is 16.8. The van der Waals surface area contributed by atoms with Gasteiger partial charge in [-0.1, -0.05) is 48.0 Å². The van der Waals surface area contributed by atoms with Crippen LogP contribution in [0.2, 0.25) is 5.02 Å². The summed E-state index contributed by atoms with van der Waals surface area (Å²) >= 11 is 5.88. The highest BCUT2D eigenvalue weighted by atomic mass is 35.5. The van der Waals surface area contributed by atoms with Crippen molar-refractivity contribution in [3.05, 3.63) is 101 Å². The molecular weight excluding hydrogens is 484 g/mol. The summed E-state index contributed by atoms with van der Waals surface area (Å²) in [6.45, 7) is 0.350. The number of rotatable bonds is 11. The summed E-state index contributed by atoms with van der Waals surface area (Å²) in [7, 11) is -0.605. The number of halogens is 1. The minimum absolute atomic E-state index is 0.214. The van der Waals surface area contributed by atoms with Crippen LogP contribution in [0.5, 0.6) is 0 Å². The smallest absolute Gasteiger partial charge is 0.305 e. The van der Waals surface area contributed by atoms with Crippen LogP contribution in [-0.2, 0) is 26.0 Å². The second-order valence-corrected chi connectivity index (χ2v) is 10.5. The number of unbranched alkanes of at least 4 members (excludes halogenated alkanes) is 1. The number of hydrogen-bond acceptors (Lipinski definition) is 5. The molecule has 3 aromatic rings. The lowest BCUT2D eigenvalue weighted by Gasteiger charge is -2.17. The van der Waals surface area contributed by atoms with Gasteiger partial charge in [-0.3, -0.25) is 9.78 Å². The monoisotopic (exact) mass is 512 g/mol. The van der Waals surface area contributed by atoms with E-state index in [1.807, 2.05) is 42.6 Å². The van der Waals surface area contributed by atoms with Gasteiger partial charge in [-0.15, -0.1) is 0 Å². The lowest BCUT2D eigenvalue weighted by Crippen LogP contribution is -2.29. The molecule has 184 valence electrons. The molecule has 8 heteroatoms. The quantitative estimate of drug-likeness (QED) is 0.255. The lowest BCUT2D eigenvalue weighted by atomic mass is 9.96. The lowest BCUT2D eigenvalue weighted by molar-refractivity contribution is -0.140. The summed E-state index contributed by atoms with van der Waals surface area (Å²) in [6.07, 6.45) is 8.04. The van der Waals surface area contributed by atoms with Crippen molar-refractivity contribution in [1.29, 1.82) is 0 Å². The summed E-state index contributed by atoms with van der Waals surface area (Å²) in [5.41, 5.74) is 4.09. The third kappa shape index (κ3) is 7.49. The van der Waals surface area contributed by atoms with E-state index in [1.165, 1.54) is 23.5 Å². The summed E-state index contributed by atoms with van der Waals surface area (Å²) in [5, 5.41) is 0.495. The fraction of sp³-hybridized carbons (Fsp3) is 0.259. The maximum atomic E-state index is 12.8. The van der Waals surface area contributed by atoms with Crippen molar-refractivity contribution in [2.75, 3.05) is 20.7 Å². The minimum atomic E-state index is -3.58. The highest BCUT2D eigenvalue weighted by molar-refractivity contribution is 7.89. The Bertz CT molecular complexity index is 1240. The van der Waals surface area contributed by atoms with E-state index in [1.54, 1.807) is 25.4 Å². The SMILES string of the molecule is COC(=O)CCC/C=C(\c1ccc(CCN(C)S(=O)(=O)c2ccc(Cl)cc2)cc1)c1cccnc1. The number of carbonyl (C=O) groups is 1. The maximum absolute atomic E-state index is 12.8. The molecule has 2 aromatic carbocycles. The van der Waals surface area contributed by atoms with E-state index < -0.39 is 10.0 Å². The molecule has 0 saturated carbocycles. The van der Waals surface area contributed by atoms with Gasteiger partial charge in [0.1, 0.15) is 0 Å². The molecule has 6 nitrogen and oxygen atoms in total. The third-order valence-corrected chi connectivity index (χ3v) is 7.76. The fourth-order valence-corrected chi connectivity index (χ4v) is 4.86. The Morgan fingerprint density at radius 2 is 1.77 bits per heavy atom. The molecule has 0 N–H and O–H groups in total. The highest BCUT2D eigenvalue weighted by Gasteiger charge is 2.20. The van der Waals surface area contributed by atoms with E-state index in [0.29, 0.717) is 30.8 Å². The number of pyridine rings is 1. The van der Waals surface area contributed by atoms with Gasteiger partial charge in [0.25, 0.3) is 0 Å². The fourth-order valence-electron chi connectivity index (χ4n) is 3.56. The second kappa shape index (κ2) is 12.6. The van der Waals surface area contributed by atoms with E-state index >= 15 is 0 Å². The molecule has 35 heavy (non-hydrogen) atoms. The Morgan fingerprint density at radius 1 is 1.06 bits per heavy atom. The standard InChI is InChI=1S/C27H29ClN2O4S/c1-30(35(32,33)25-15-13-24(28)14-16-25)19-17-21-9-11-22(12-10-21)26(23-6-5-18-29-20-23)7-3-4-8-27(31)34-2/h5-7,9-16,18,20H,3-4,8,17,19H2,1-2H3/b26-7+. The molecule has 0 saturated heterocycles. The van der Waals surface area contributed by atoms with Crippen molar-refractivity contribution in [2.45, 2.75) is 30.6 Å². The molecule has 3 rings (SSSR count). The molecule has 0 spiro atoms. The Kier molecular flexibility index (Phi) is 9.60. The number of nitrogens with zero attached hydrogens (tertiary/aromatic N) is 2. The molecular formula is C27H29ClN2O4S. The molecule has 0 unspecified atom stereocenters. The molecule has 0 bridgehead atoms. The van der Waals surface area contributed by atoms with Crippen LogP contribution in [0.3, 0.4) is 0 Å². The highest BCUT2D eigenvalue weighted by Crippen LogP contribution is 2.25. The normalized spacial score (nSPS) is 12.1. The average molecular weight is 513 g/mol. The largest absolute Gasteiger partial charge is 0.469 e. The average Bonchev–Trinajstić information content (AvgIpc) is 2.88. The predicted molar refractivity (Wildman–Crippen MR) is 139 cm³/mol. The van der Waals surface area contributed by atoms with E-state index in [9.17, 15) is 13.2 Å². The Labute approximate surface area is 212 Å². The Hall–Kier alpha value is -3.00. The van der Waals surface area contributed by atoms with Crippen LogP contribution < -0.4 is 0 Å². The number of carbonyl (C=O) groups excluding carboxylic acids is 1. The molecule has 0 aliphatic heterocycles. The van der Waals surface area contributed by atoms with Crippen molar-refractivity contribution in [1.82, 2.24) is 9.29 Å². The number of sulfonamides is 1. The van der Waals surface area contributed by atoms with Crippen molar-refractivity contribution in [3.63, 3.8) is 0 Å². The number of benzene rings is 2. The van der Waals surface area contributed by atoms with Gasteiger partial charge < -0.3 is 4.74 Å². The summed E-state index contributed by atoms with van der Waals surface area (Å²) in [5.74, 6) is -0.214. The number of hydrogen-bond donors (Lipinski definition) is 0. The van der Waals surface area contributed by atoms with Crippen molar-refractivity contribution < 1.29 is 17.9 Å². The van der Waals surface area contributed by atoms with Crippen LogP contribution in [0, 0.1) is 0 Å². The van der Waals surface area contributed by atoms with Crippen LogP contribution in [0.1, 0.15) is 36.0 Å². The van der Waals surface area contributed by atoms with E-state index in [4.69, 9.17) is 16.3 Å². The molecule has 0 radical (unpaired) electrons. The molecule has 1 heterocycles. The molecule has 0 aliphatic rings. The van der Waals surface area contributed by atoms with Crippen LogP contribution in [-0.4, -0.2) is 44.4 Å². The van der Waals surface area contributed by atoms with Gasteiger partial charge in [0.2, 0.25) is 10.0 Å². The van der Waals surface area contributed by atoms with Gasteiger partial charge in [-0.2, -0.15) is 0 Å². The minimum Gasteiger partial charge on any atom is -0.469 e. The second-order valence-electron chi connectivity index (χ2n) is 8.06. The molecule has 1 aromatic heterocycles. The first kappa shape index (κ1) is 26.6. The number of allylic oxidation sites excluding steroid dienone is 1. The van der Waals surface area contributed by atoms with Gasteiger partial charge in [0.05, 0.1) is 12.0 Å². The van der Waals surface area contributed by atoms with Gasteiger partial charge in [-0.25, -0.2) is 12.7 Å². The molecule has 0 amide bonds. The number of likely N-dealkylation sites (N-methyl/N-ethyl adjacent to an activating group) is 1. The van der Waals surface area contributed by atoms with Crippen molar-refractivity contribution in [3.8, 4) is 0 Å². The van der Waals surface area contributed by atoms with Crippen LogP contribution >= 0.6 is 11.6 Å².